The monoisotopic (exact) mass is 503 g/mol. The van der Waals surface area contributed by atoms with Crippen LogP contribution in [0.1, 0.15) is 48.2 Å². The van der Waals surface area contributed by atoms with Crippen molar-refractivity contribution in [1.29, 1.82) is 0 Å². The minimum absolute atomic E-state index is 0.198. The van der Waals surface area contributed by atoms with Crippen LogP contribution in [0, 0.1) is 5.92 Å². The number of thiophene rings is 1. The molecule has 0 radical (unpaired) electrons. The Labute approximate surface area is 197 Å². The van der Waals surface area contributed by atoms with Gasteiger partial charge in [0, 0.05) is 41.6 Å². The molecule has 2 heterocycles. The van der Waals surface area contributed by atoms with Crippen LogP contribution in [0.2, 0.25) is 10.0 Å². The topological polar surface area (TPSA) is 66.8 Å². The van der Waals surface area contributed by atoms with Crippen LogP contribution in [0.25, 0.3) is 0 Å². The van der Waals surface area contributed by atoms with Crippen LogP contribution >= 0.6 is 41.8 Å². The molecule has 0 saturated carbocycles. The molecule has 1 aliphatic rings. The van der Waals surface area contributed by atoms with Gasteiger partial charge in [0.1, 0.15) is 4.88 Å². The lowest BCUT2D eigenvalue weighted by Gasteiger charge is -2.36. The van der Waals surface area contributed by atoms with Crippen LogP contribution in [0.15, 0.2) is 24.3 Å². The van der Waals surface area contributed by atoms with Gasteiger partial charge in [-0.1, -0.05) is 44.0 Å². The highest BCUT2D eigenvalue weighted by atomic mass is 35.5. The van der Waals surface area contributed by atoms with Crippen LogP contribution in [0.4, 0.5) is 5.69 Å². The van der Waals surface area contributed by atoms with E-state index >= 15 is 0 Å². The number of carboxylic acids is 1. The molecule has 9 heteroatoms. The molecule has 1 aromatic carbocycles. The van der Waals surface area contributed by atoms with E-state index in [-0.39, 0.29) is 16.2 Å². The molecule has 1 aromatic heterocycles. The highest BCUT2D eigenvalue weighted by Gasteiger charge is 2.36. The quantitative estimate of drug-likeness (QED) is 0.454. The summed E-state index contributed by atoms with van der Waals surface area (Å²) in [5.74, 6) is -0.776. The van der Waals surface area contributed by atoms with Crippen molar-refractivity contribution in [2.75, 3.05) is 31.1 Å². The molecule has 0 bridgehead atoms. The first-order valence-corrected chi connectivity index (χ1v) is 13.9. The summed E-state index contributed by atoms with van der Waals surface area (Å²) in [7, 11) is -3.26. The smallest absolute Gasteiger partial charge is 0.348 e. The summed E-state index contributed by atoms with van der Waals surface area (Å²) in [4.78, 5) is 13.3. The third kappa shape index (κ3) is 5.48. The molecule has 1 unspecified atom stereocenters. The van der Waals surface area contributed by atoms with E-state index in [1.54, 1.807) is 29.5 Å². The van der Waals surface area contributed by atoms with Crippen molar-refractivity contribution in [3.05, 3.63) is 44.1 Å². The maximum atomic E-state index is 14.3. The zero-order valence-corrected chi connectivity index (χ0v) is 21.4. The molecular formula is C22H28Cl2NO4PS. The van der Waals surface area contributed by atoms with Crippen LogP contribution < -0.4 is 9.97 Å². The summed E-state index contributed by atoms with van der Waals surface area (Å²) in [5, 5.41) is 11.2. The summed E-state index contributed by atoms with van der Waals surface area (Å²) < 4.78 is 21.6. The van der Waals surface area contributed by atoms with Crippen molar-refractivity contribution < 1.29 is 19.2 Å². The Morgan fingerprint density at radius 2 is 1.90 bits per heavy atom. The molecule has 170 valence electrons. The van der Waals surface area contributed by atoms with Crippen LogP contribution in [0.5, 0.6) is 0 Å². The fourth-order valence-corrected chi connectivity index (χ4v) is 7.86. The fraction of sp³-hybridized carbons (Fsp3) is 0.500. The molecule has 3 rings (SSSR count). The Bertz CT molecular complexity index is 1010. The number of aromatic carboxylic acids is 1. The van der Waals surface area contributed by atoms with Crippen molar-refractivity contribution in [2.24, 2.45) is 5.92 Å². The van der Waals surface area contributed by atoms with E-state index in [0.29, 0.717) is 40.8 Å². The molecular weight excluding hydrogens is 476 g/mol. The first-order chi connectivity index (χ1) is 14.4. The first-order valence-electron chi connectivity index (χ1n) is 10.2. The summed E-state index contributed by atoms with van der Waals surface area (Å²) in [6.45, 7) is 9.54. The number of ether oxygens (including phenoxy) is 1. The van der Waals surface area contributed by atoms with Crippen LogP contribution in [0.3, 0.4) is 0 Å². The van der Waals surface area contributed by atoms with E-state index in [1.165, 1.54) is 11.3 Å². The summed E-state index contributed by atoms with van der Waals surface area (Å²) in [6.07, 6.45) is 1.67. The lowest BCUT2D eigenvalue weighted by atomic mass is 9.94. The molecule has 31 heavy (non-hydrogen) atoms. The first kappa shape index (κ1) is 24.6. The second-order valence-electron chi connectivity index (χ2n) is 8.99. The Kier molecular flexibility index (Phi) is 7.49. The average molecular weight is 504 g/mol. The summed E-state index contributed by atoms with van der Waals surface area (Å²) >= 11 is 13.8. The van der Waals surface area contributed by atoms with E-state index in [0.717, 1.165) is 17.7 Å². The van der Waals surface area contributed by atoms with Gasteiger partial charge < -0.3 is 14.5 Å². The van der Waals surface area contributed by atoms with E-state index in [2.05, 4.69) is 0 Å². The molecule has 0 amide bonds. The number of rotatable bonds is 6. The third-order valence-electron chi connectivity index (χ3n) is 5.51. The number of hydrogen-bond donors (Lipinski definition) is 1. The normalized spacial score (nSPS) is 17.4. The zero-order chi connectivity index (χ0) is 23.0. The van der Waals surface area contributed by atoms with Gasteiger partial charge in [0.05, 0.1) is 10.7 Å². The summed E-state index contributed by atoms with van der Waals surface area (Å²) in [5.41, 5.74) is 0.262. The van der Waals surface area contributed by atoms with Crippen molar-refractivity contribution in [3.8, 4) is 0 Å². The number of carboxylic acid groups (broad SMARTS) is 1. The highest BCUT2D eigenvalue weighted by molar-refractivity contribution is 7.72. The Hall–Kier alpha value is -1.04. The maximum absolute atomic E-state index is 14.3. The van der Waals surface area contributed by atoms with Crippen molar-refractivity contribution in [1.82, 2.24) is 0 Å². The van der Waals surface area contributed by atoms with Gasteiger partial charge in [0.15, 0.2) is 7.29 Å². The minimum Gasteiger partial charge on any atom is -0.477 e. The van der Waals surface area contributed by atoms with Gasteiger partial charge >= 0.3 is 5.97 Å². The largest absolute Gasteiger partial charge is 0.477 e. The Morgan fingerprint density at radius 1 is 1.26 bits per heavy atom. The lowest BCUT2D eigenvalue weighted by molar-refractivity contribution is 0.0685. The molecule has 1 fully saturated rings. The predicted octanol–water partition coefficient (Wildman–Crippen LogP) is 6.52. The maximum Gasteiger partial charge on any atom is 0.348 e. The van der Waals surface area contributed by atoms with E-state index in [9.17, 15) is 14.5 Å². The van der Waals surface area contributed by atoms with Gasteiger partial charge in [-0.2, -0.15) is 0 Å². The number of carbonyl (C=O) groups is 1. The van der Waals surface area contributed by atoms with Gasteiger partial charge in [0.25, 0.3) is 0 Å². The highest BCUT2D eigenvalue weighted by Crippen LogP contribution is 2.53. The van der Waals surface area contributed by atoms with Crippen LogP contribution in [-0.4, -0.2) is 37.5 Å². The zero-order valence-electron chi connectivity index (χ0n) is 18.2. The van der Waals surface area contributed by atoms with Gasteiger partial charge in [-0.25, -0.2) is 4.79 Å². The SMILES string of the molecule is CC(C)(C)c1cc(N(CC2CCOCC2)P(C)(=O)c2ccc(Cl)cc2Cl)c(C(=O)O)s1. The number of benzene rings is 1. The number of hydrogen-bond acceptors (Lipinski definition) is 4. The molecule has 0 aliphatic carbocycles. The second kappa shape index (κ2) is 9.44. The average Bonchev–Trinajstić information content (AvgIpc) is 3.12. The standard InChI is InChI=1S/C22H28Cl2NO4PS/c1-22(2,3)19-12-17(20(31-19)21(26)27)25(13-14-7-9-29-10-8-14)30(4,28)18-6-5-15(23)11-16(18)24/h5-6,11-12,14H,7-10,13H2,1-4H3,(H,26,27). The van der Waals surface area contributed by atoms with E-state index < -0.39 is 13.3 Å². The van der Waals surface area contributed by atoms with E-state index in [4.69, 9.17) is 27.9 Å². The molecule has 2 aromatic rings. The Balaban J connectivity index is 2.16. The molecule has 1 aliphatic heterocycles. The minimum atomic E-state index is -3.26. The van der Waals surface area contributed by atoms with Crippen LogP contribution in [-0.2, 0) is 14.7 Å². The number of anilines is 1. The molecule has 0 spiro atoms. The molecule has 1 atom stereocenters. The number of halogens is 2. The molecule has 5 nitrogen and oxygen atoms in total. The molecule has 1 N–H and O–H groups in total. The fourth-order valence-electron chi connectivity index (χ4n) is 3.68. The van der Waals surface area contributed by atoms with Gasteiger partial charge in [0.2, 0.25) is 0 Å². The van der Waals surface area contributed by atoms with Crippen molar-refractivity contribution in [3.63, 3.8) is 0 Å². The van der Waals surface area contributed by atoms with Crippen molar-refractivity contribution >= 4 is 58.8 Å². The van der Waals surface area contributed by atoms with Gasteiger partial charge in [-0.05, 0) is 48.4 Å². The van der Waals surface area contributed by atoms with E-state index in [1.807, 2.05) is 26.8 Å². The van der Waals surface area contributed by atoms with Gasteiger partial charge in [-0.3, -0.25) is 4.57 Å². The summed E-state index contributed by atoms with van der Waals surface area (Å²) in [6, 6.07) is 6.80. The lowest BCUT2D eigenvalue weighted by Crippen LogP contribution is -2.34. The number of nitrogens with zero attached hydrogens (tertiary/aromatic N) is 1. The third-order valence-corrected chi connectivity index (χ3v) is 10.3. The van der Waals surface area contributed by atoms with Gasteiger partial charge in [-0.15, -0.1) is 11.3 Å². The second-order valence-corrected chi connectivity index (χ2v) is 13.6. The predicted molar refractivity (Wildman–Crippen MR) is 130 cm³/mol. The van der Waals surface area contributed by atoms with Crippen molar-refractivity contribution in [2.45, 2.75) is 39.0 Å². The molecule has 1 saturated heterocycles. The Morgan fingerprint density at radius 3 is 2.45 bits per heavy atom.